The lowest BCUT2D eigenvalue weighted by Crippen LogP contribution is -2.51. The number of hydrogen-bond donors (Lipinski definition) is 1. The number of nitrogens with zero attached hydrogens (tertiary/aromatic N) is 2. The first-order chi connectivity index (χ1) is 17.3. The van der Waals surface area contributed by atoms with Gasteiger partial charge in [0.2, 0.25) is 10.0 Å². The number of carbonyl (C=O) groups is 1. The molecule has 0 aromatic heterocycles. The van der Waals surface area contributed by atoms with Crippen LogP contribution in [-0.4, -0.2) is 50.2 Å². The van der Waals surface area contributed by atoms with Gasteiger partial charge in [-0.3, -0.25) is 0 Å². The van der Waals surface area contributed by atoms with Crippen LogP contribution in [0.5, 0.6) is 11.5 Å². The number of hydrogen-bond acceptors (Lipinski definition) is 6. The molecule has 2 aliphatic heterocycles. The predicted molar refractivity (Wildman–Crippen MR) is 137 cm³/mol. The van der Waals surface area contributed by atoms with E-state index in [-0.39, 0.29) is 23.7 Å². The zero-order valence-electron chi connectivity index (χ0n) is 20.2. The summed E-state index contributed by atoms with van der Waals surface area (Å²) in [7, 11) is -2.23. The van der Waals surface area contributed by atoms with E-state index in [1.807, 2.05) is 30.3 Å². The van der Waals surface area contributed by atoms with Crippen molar-refractivity contribution >= 4 is 27.4 Å². The van der Waals surface area contributed by atoms with E-state index in [2.05, 4.69) is 11.8 Å². The number of fused-ring (bicyclic) bond motifs is 4. The number of carboxylic acid groups (broad SMARTS) is 1. The number of ether oxygens (including phenoxy) is 2. The molecule has 0 bridgehead atoms. The van der Waals surface area contributed by atoms with Crippen LogP contribution in [0.15, 0.2) is 65.6 Å². The molecule has 3 aromatic carbocycles. The van der Waals surface area contributed by atoms with E-state index < -0.39 is 22.2 Å². The fourth-order valence-electron chi connectivity index (χ4n) is 4.81. The molecule has 9 heteroatoms. The van der Waals surface area contributed by atoms with Crippen LogP contribution in [0.3, 0.4) is 0 Å². The van der Waals surface area contributed by atoms with Gasteiger partial charge in [-0.15, -0.1) is 0 Å². The SMILES string of the molecule is CCCC[C@@H]1N(c2ccccc2)c2cc3c(cc2S(=O)(=O)N1C)-c1cc(C(=O)O)ccc1OCCO3. The Labute approximate surface area is 210 Å². The lowest BCUT2D eigenvalue weighted by Gasteiger charge is -2.44. The maximum atomic E-state index is 13.8. The number of sulfonamides is 1. The minimum Gasteiger partial charge on any atom is -0.489 e. The molecule has 1 N–H and O–H groups in total. The molecule has 0 saturated carbocycles. The number of anilines is 2. The maximum Gasteiger partial charge on any atom is 0.335 e. The lowest BCUT2D eigenvalue weighted by molar-refractivity contribution is 0.0697. The molecule has 8 nitrogen and oxygen atoms in total. The summed E-state index contributed by atoms with van der Waals surface area (Å²) >= 11 is 0. The third-order valence-corrected chi connectivity index (χ3v) is 8.55. The van der Waals surface area contributed by atoms with Crippen LogP contribution in [0, 0.1) is 0 Å². The van der Waals surface area contributed by atoms with Gasteiger partial charge in [0, 0.05) is 29.9 Å². The van der Waals surface area contributed by atoms with E-state index in [9.17, 15) is 18.3 Å². The lowest BCUT2D eigenvalue weighted by atomic mass is 9.99. The highest BCUT2D eigenvalue weighted by Crippen LogP contribution is 2.48. The van der Waals surface area contributed by atoms with Gasteiger partial charge in [0.05, 0.1) is 11.3 Å². The highest BCUT2D eigenvalue weighted by atomic mass is 32.2. The molecular weight excluding hydrogens is 480 g/mol. The molecule has 0 unspecified atom stereocenters. The van der Waals surface area contributed by atoms with Crippen LogP contribution in [0.4, 0.5) is 11.4 Å². The van der Waals surface area contributed by atoms with E-state index in [4.69, 9.17) is 9.47 Å². The molecule has 0 amide bonds. The Morgan fingerprint density at radius 1 is 1.00 bits per heavy atom. The van der Waals surface area contributed by atoms with Crippen LogP contribution in [0.2, 0.25) is 0 Å². The summed E-state index contributed by atoms with van der Waals surface area (Å²) in [5, 5.41) is 9.55. The Bertz CT molecular complexity index is 1410. The molecule has 0 fully saturated rings. The second-order valence-corrected chi connectivity index (χ2v) is 10.8. The molecule has 188 valence electrons. The number of para-hydroxylation sites is 1. The van der Waals surface area contributed by atoms with Gasteiger partial charge in [-0.25, -0.2) is 13.2 Å². The van der Waals surface area contributed by atoms with Gasteiger partial charge in [0.15, 0.2) is 0 Å². The quantitative estimate of drug-likeness (QED) is 0.511. The molecule has 5 rings (SSSR count). The molecule has 0 radical (unpaired) electrons. The second-order valence-electron chi connectivity index (χ2n) is 8.88. The molecule has 36 heavy (non-hydrogen) atoms. The minimum atomic E-state index is -3.85. The van der Waals surface area contributed by atoms with Gasteiger partial charge >= 0.3 is 5.97 Å². The average Bonchev–Trinajstić information content (AvgIpc) is 2.87. The second kappa shape index (κ2) is 9.48. The van der Waals surface area contributed by atoms with Crippen molar-refractivity contribution in [3.63, 3.8) is 0 Å². The maximum absolute atomic E-state index is 13.8. The molecule has 1 atom stereocenters. The summed E-state index contributed by atoms with van der Waals surface area (Å²) in [6, 6.07) is 17.6. The number of aromatic carboxylic acids is 1. The van der Waals surface area contributed by atoms with Gasteiger partial charge in [-0.1, -0.05) is 38.0 Å². The number of unbranched alkanes of at least 4 members (excludes halogenated alkanes) is 1. The molecule has 0 spiro atoms. The Morgan fingerprint density at radius 3 is 2.39 bits per heavy atom. The summed E-state index contributed by atoms with van der Waals surface area (Å²) in [6.07, 6.45) is 2.08. The normalized spacial score (nSPS) is 18.5. The third-order valence-electron chi connectivity index (χ3n) is 6.66. The van der Waals surface area contributed by atoms with Crippen molar-refractivity contribution in [2.24, 2.45) is 0 Å². The fraction of sp³-hybridized carbons (Fsp3) is 0.296. The highest BCUT2D eigenvalue weighted by molar-refractivity contribution is 7.89. The third kappa shape index (κ3) is 4.08. The van der Waals surface area contributed by atoms with E-state index in [0.29, 0.717) is 34.7 Å². The molecule has 2 heterocycles. The van der Waals surface area contributed by atoms with Crippen LogP contribution in [0.25, 0.3) is 11.1 Å². The summed E-state index contributed by atoms with van der Waals surface area (Å²) < 4.78 is 40.9. The van der Waals surface area contributed by atoms with Crippen LogP contribution >= 0.6 is 0 Å². The van der Waals surface area contributed by atoms with E-state index in [1.165, 1.54) is 16.4 Å². The fourth-order valence-corrected chi connectivity index (χ4v) is 6.33. The van der Waals surface area contributed by atoms with Gasteiger partial charge in [-0.2, -0.15) is 4.31 Å². The first-order valence-electron chi connectivity index (χ1n) is 12.0. The van der Waals surface area contributed by atoms with Gasteiger partial charge in [0.25, 0.3) is 0 Å². The van der Waals surface area contributed by atoms with Crippen molar-refractivity contribution in [3.05, 3.63) is 66.2 Å². The first kappa shape index (κ1) is 24.1. The molecule has 0 aliphatic carbocycles. The van der Waals surface area contributed by atoms with E-state index in [1.54, 1.807) is 25.2 Å². The van der Waals surface area contributed by atoms with E-state index >= 15 is 0 Å². The van der Waals surface area contributed by atoms with Crippen LogP contribution < -0.4 is 14.4 Å². The van der Waals surface area contributed by atoms with Crippen molar-refractivity contribution in [1.82, 2.24) is 4.31 Å². The van der Waals surface area contributed by atoms with Crippen LogP contribution in [-0.2, 0) is 10.0 Å². The van der Waals surface area contributed by atoms with Gasteiger partial charge in [-0.05, 0) is 42.8 Å². The highest BCUT2D eigenvalue weighted by Gasteiger charge is 2.42. The van der Waals surface area contributed by atoms with Crippen molar-refractivity contribution < 1.29 is 27.8 Å². The Morgan fingerprint density at radius 2 is 1.69 bits per heavy atom. The van der Waals surface area contributed by atoms with Gasteiger partial charge < -0.3 is 19.5 Å². The zero-order valence-corrected chi connectivity index (χ0v) is 21.0. The number of carboxylic acids is 1. The standard InChI is InChI=1S/C27H28N2O6S/c1-3-4-10-26-28(2)36(32,33)25-16-21-20-15-18(27(30)31)11-12-23(20)34-13-14-35-24(21)17-22(25)29(26)19-8-6-5-7-9-19/h5-9,11-12,15-17,26H,3-4,10,13-14H2,1-2H3,(H,30,31)/t26-/m0/s1. The number of benzene rings is 3. The average molecular weight is 509 g/mol. The Kier molecular flexibility index (Phi) is 6.36. The van der Waals surface area contributed by atoms with Crippen molar-refractivity contribution in [1.29, 1.82) is 0 Å². The van der Waals surface area contributed by atoms with Gasteiger partial charge in [0.1, 0.15) is 35.8 Å². The smallest absolute Gasteiger partial charge is 0.335 e. The minimum absolute atomic E-state index is 0.0760. The van der Waals surface area contributed by atoms with Crippen molar-refractivity contribution in [2.75, 3.05) is 25.2 Å². The molecule has 0 saturated heterocycles. The topological polar surface area (TPSA) is 96.4 Å². The summed E-state index contributed by atoms with van der Waals surface area (Å²) in [6.45, 7) is 2.63. The Hall–Kier alpha value is -3.56. The zero-order chi connectivity index (χ0) is 25.4. The largest absolute Gasteiger partial charge is 0.489 e. The van der Waals surface area contributed by atoms with Crippen molar-refractivity contribution in [3.8, 4) is 22.6 Å². The first-order valence-corrected chi connectivity index (χ1v) is 13.4. The Balaban J connectivity index is 1.78. The summed E-state index contributed by atoms with van der Waals surface area (Å²) in [4.78, 5) is 13.9. The molecular formula is C27H28N2O6S. The molecule has 2 aliphatic rings. The predicted octanol–water partition coefficient (Wildman–Crippen LogP) is 5.11. The van der Waals surface area contributed by atoms with Crippen LogP contribution in [0.1, 0.15) is 36.5 Å². The van der Waals surface area contributed by atoms with E-state index in [0.717, 1.165) is 18.5 Å². The molecule has 3 aromatic rings. The summed E-state index contributed by atoms with van der Waals surface area (Å²) in [5.74, 6) is -0.121. The summed E-state index contributed by atoms with van der Waals surface area (Å²) in [5.41, 5.74) is 2.45. The monoisotopic (exact) mass is 508 g/mol. The van der Waals surface area contributed by atoms with Crippen molar-refractivity contribution in [2.45, 2.75) is 37.2 Å². The number of rotatable bonds is 5.